The third kappa shape index (κ3) is 6.10. The molecule has 0 aromatic heterocycles. The number of rotatable bonds is 5. The minimum atomic E-state index is -3.77. The second-order valence-electron chi connectivity index (χ2n) is 5.90. The zero-order valence-corrected chi connectivity index (χ0v) is 13.7. The Hall–Kier alpha value is -1.15. The third-order valence-electron chi connectivity index (χ3n) is 4.19. The van der Waals surface area contributed by atoms with Gasteiger partial charge in [0.15, 0.2) is 0 Å². The van der Waals surface area contributed by atoms with Gasteiger partial charge in [0.25, 0.3) is 10.2 Å². The molecule has 1 aromatic carbocycles. The summed E-state index contributed by atoms with van der Waals surface area (Å²) in [6.45, 7) is 4.07. The molecule has 4 N–H and O–H groups in total. The lowest BCUT2D eigenvalue weighted by Crippen LogP contribution is -2.38. The second kappa shape index (κ2) is 8.63. The van der Waals surface area contributed by atoms with E-state index in [1.54, 1.807) is 24.3 Å². The van der Waals surface area contributed by atoms with Crippen LogP contribution in [0, 0.1) is 0 Å². The van der Waals surface area contributed by atoms with Crippen molar-refractivity contribution in [3.63, 3.8) is 0 Å². The van der Waals surface area contributed by atoms with Crippen LogP contribution in [-0.2, 0) is 10.2 Å². The summed E-state index contributed by atoms with van der Waals surface area (Å²) in [6.07, 6.45) is 4.27. The van der Waals surface area contributed by atoms with Crippen LogP contribution < -0.4 is 9.86 Å². The molecular weight excluding hydrogens is 314 g/mol. The molecule has 1 aromatic rings. The quantitative estimate of drug-likeness (QED) is 0.764. The zero-order chi connectivity index (χ0) is 16.2. The molecular formula is C16H29N3O3S. The van der Waals surface area contributed by atoms with Gasteiger partial charge in [0.05, 0.1) is 6.10 Å². The van der Waals surface area contributed by atoms with Crippen molar-refractivity contribution in [2.75, 3.05) is 17.8 Å². The van der Waals surface area contributed by atoms with Crippen molar-refractivity contribution in [3.05, 3.63) is 29.8 Å². The predicted molar refractivity (Wildman–Crippen MR) is 94.4 cm³/mol. The number of nitrogens with two attached hydrogens (primary N) is 1. The average molecular weight is 343 g/mol. The molecule has 1 heterocycles. The van der Waals surface area contributed by atoms with Crippen LogP contribution in [0.1, 0.15) is 51.7 Å². The largest absolute Gasteiger partial charge is 0.387 e. The molecule has 2 unspecified atom stereocenters. The van der Waals surface area contributed by atoms with Crippen LogP contribution in [0.2, 0.25) is 0 Å². The van der Waals surface area contributed by atoms with Crippen LogP contribution in [0.3, 0.4) is 0 Å². The first-order valence-electron chi connectivity index (χ1n) is 7.69. The van der Waals surface area contributed by atoms with E-state index in [-0.39, 0.29) is 13.5 Å². The molecule has 1 aliphatic rings. The van der Waals surface area contributed by atoms with Gasteiger partial charge in [-0.1, -0.05) is 32.4 Å². The summed E-state index contributed by atoms with van der Waals surface area (Å²) in [6, 6.07) is 6.71. The number of benzene rings is 1. The van der Waals surface area contributed by atoms with E-state index >= 15 is 0 Å². The molecule has 1 aliphatic heterocycles. The first-order valence-corrected chi connectivity index (χ1v) is 9.24. The molecule has 23 heavy (non-hydrogen) atoms. The Balaban J connectivity index is 0.00000264. The van der Waals surface area contributed by atoms with Crippen LogP contribution in [0.15, 0.2) is 24.3 Å². The summed E-state index contributed by atoms with van der Waals surface area (Å²) >= 11 is 0. The first kappa shape index (κ1) is 19.9. The Morgan fingerprint density at radius 1 is 1.13 bits per heavy atom. The van der Waals surface area contributed by atoms with Gasteiger partial charge in [0, 0.05) is 11.7 Å². The zero-order valence-electron chi connectivity index (χ0n) is 12.9. The van der Waals surface area contributed by atoms with Crippen LogP contribution in [-0.4, -0.2) is 37.6 Å². The van der Waals surface area contributed by atoms with Crippen molar-refractivity contribution in [3.8, 4) is 0 Å². The summed E-state index contributed by atoms with van der Waals surface area (Å²) in [4.78, 5) is 2.33. The maximum atomic E-state index is 11.0. The Bertz CT molecular complexity index is 567. The molecule has 0 amide bonds. The van der Waals surface area contributed by atoms with E-state index in [9.17, 15) is 13.5 Å². The lowest BCUT2D eigenvalue weighted by Gasteiger charge is -2.31. The summed E-state index contributed by atoms with van der Waals surface area (Å²) in [5.74, 6) is 0. The van der Waals surface area contributed by atoms with E-state index in [0.717, 1.165) is 18.7 Å². The number of likely N-dealkylation sites (tertiary alicyclic amines) is 1. The fourth-order valence-electron chi connectivity index (χ4n) is 2.89. The van der Waals surface area contributed by atoms with Crippen molar-refractivity contribution >= 4 is 15.9 Å². The molecule has 7 heteroatoms. The van der Waals surface area contributed by atoms with E-state index in [0.29, 0.717) is 5.69 Å². The fourth-order valence-corrected chi connectivity index (χ4v) is 3.36. The molecule has 0 bridgehead atoms. The van der Waals surface area contributed by atoms with Crippen LogP contribution in [0.5, 0.6) is 0 Å². The Labute approximate surface area is 139 Å². The van der Waals surface area contributed by atoms with Crippen molar-refractivity contribution in [2.45, 2.75) is 52.2 Å². The normalized spacial score (nSPS) is 19.3. The Kier molecular flexibility index (Phi) is 7.47. The molecule has 0 saturated carbocycles. The van der Waals surface area contributed by atoms with E-state index in [4.69, 9.17) is 5.14 Å². The Morgan fingerprint density at radius 3 is 2.13 bits per heavy atom. The molecule has 2 atom stereocenters. The SMILES string of the molecule is C.CC(C(O)c1ccc(NS(N)(=O)=O)cc1)N1CCCCCC1. The molecule has 0 aliphatic carbocycles. The molecule has 6 nitrogen and oxygen atoms in total. The van der Waals surface area contributed by atoms with Gasteiger partial charge in [-0.15, -0.1) is 0 Å². The summed E-state index contributed by atoms with van der Waals surface area (Å²) in [7, 11) is -3.77. The van der Waals surface area contributed by atoms with E-state index in [2.05, 4.69) is 9.62 Å². The van der Waals surface area contributed by atoms with Gasteiger partial charge in [-0.25, -0.2) is 5.14 Å². The van der Waals surface area contributed by atoms with E-state index < -0.39 is 16.3 Å². The lowest BCUT2D eigenvalue weighted by molar-refractivity contribution is 0.0598. The van der Waals surface area contributed by atoms with Gasteiger partial charge in [-0.05, 0) is 50.6 Å². The van der Waals surface area contributed by atoms with Crippen molar-refractivity contribution in [1.82, 2.24) is 4.90 Å². The monoisotopic (exact) mass is 343 g/mol. The number of aliphatic hydroxyl groups is 1. The number of anilines is 1. The highest BCUT2D eigenvalue weighted by molar-refractivity contribution is 7.90. The van der Waals surface area contributed by atoms with E-state index in [1.165, 1.54) is 25.7 Å². The minimum absolute atomic E-state index is 0. The number of hydrogen-bond acceptors (Lipinski definition) is 4. The highest BCUT2D eigenvalue weighted by Gasteiger charge is 2.23. The maximum absolute atomic E-state index is 11.0. The maximum Gasteiger partial charge on any atom is 0.296 e. The summed E-state index contributed by atoms with van der Waals surface area (Å²) in [5, 5.41) is 15.5. The van der Waals surface area contributed by atoms with Crippen molar-refractivity contribution < 1.29 is 13.5 Å². The number of aliphatic hydroxyl groups excluding tert-OH is 1. The third-order valence-corrected chi connectivity index (χ3v) is 4.71. The molecule has 1 fully saturated rings. The fraction of sp³-hybridized carbons (Fsp3) is 0.625. The van der Waals surface area contributed by atoms with Gasteiger partial charge in [-0.3, -0.25) is 9.62 Å². The number of hydrogen-bond donors (Lipinski definition) is 3. The smallest absolute Gasteiger partial charge is 0.296 e. The topological polar surface area (TPSA) is 95.7 Å². The molecule has 0 radical (unpaired) electrons. The van der Waals surface area contributed by atoms with Gasteiger partial charge in [-0.2, -0.15) is 8.42 Å². The number of nitrogens with one attached hydrogen (secondary N) is 1. The lowest BCUT2D eigenvalue weighted by atomic mass is 10.0. The van der Waals surface area contributed by atoms with E-state index in [1.807, 2.05) is 6.92 Å². The predicted octanol–water partition coefficient (Wildman–Crippen LogP) is 2.24. The molecule has 1 saturated heterocycles. The number of nitrogens with zero attached hydrogens (tertiary/aromatic N) is 1. The molecule has 132 valence electrons. The molecule has 0 spiro atoms. The average Bonchev–Trinajstić information content (AvgIpc) is 2.74. The summed E-state index contributed by atoms with van der Waals surface area (Å²) < 4.78 is 24.2. The van der Waals surface area contributed by atoms with Gasteiger partial charge in [0.2, 0.25) is 0 Å². The van der Waals surface area contributed by atoms with Gasteiger partial charge < -0.3 is 5.11 Å². The van der Waals surface area contributed by atoms with Crippen LogP contribution >= 0.6 is 0 Å². The van der Waals surface area contributed by atoms with Crippen LogP contribution in [0.4, 0.5) is 5.69 Å². The first-order chi connectivity index (χ1) is 10.4. The van der Waals surface area contributed by atoms with Gasteiger partial charge in [0.1, 0.15) is 0 Å². The molecule has 2 rings (SSSR count). The minimum Gasteiger partial charge on any atom is -0.387 e. The highest BCUT2D eigenvalue weighted by atomic mass is 32.2. The second-order valence-corrected chi connectivity index (χ2v) is 7.20. The van der Waals surface area contributed by atoms with Crippen LogP contribution in [0.25, 0.3) is 0 Å². The van der Waals surface area contributed by atoms with Crippen molar-refractivity contribution in [2.24, 2.45) is 5.14 Å². The van der Waals surface area contributed by atoms with Gasteiger partial charge >= 0.3 is 0 Å². The van der Waals surface area contributed by atoms with Crippen molar-refractivity contribution in [1.29, 1.82) is 0 Å². The summed E-state index contributed by atoms with van der Waals surface area (Å²) in [5.41, 5.74) is 1.16. The Morgan fingerprint density at radius 2 is 1.65 bits per heavy atom. The standard InChI is InChI=1S/C15H25N3O3S.CH4/c1-12(18-10-4-2-3-5-11-18)15(19)13-6-8-14(9-7-13)17-22(16,20)21;/h6-9,12,15,17,19H,2-5,10-11H2,1H3,(H2,16,20,21);1H4. The highest BCUT2D eigenvalue weighted by Crippen LogP contribution is 2.24.